The highest BCUT2D eigenvalue weighted by atomic mass is 32.1. The quantitative estimate of drug-likeness (QED) is 0.784. The molecule has 0 radical (unpaired) electrons. The first-order valence-electron chi connectivity index (χ1n) is 4.83. The second kappa shape index (κ2) is 5.46. The van der Waals surface area contributed by atoms with Crippen LogP contribution in [0.4, 0.5) is 5.69 Å². The van der Waals surface area contributed by atoms with E-state index < -0.39 is 0 Å². The van der Waals surface area contributed by atoms with Crippen molar-refractivity contribution in [3.63, 3.8) is 0 Å². The molecule has 0 bridgehead atoms. The van der Waals surface area contributed by atoms with E-state index in [4.69, 9.17) is 22.7 Å². The maximum absolute atomic E-state index is 11.0. The normalized spacial score (nSPS) is 11.6. The van der Waals surface area contributed by atoms with Crippen molar-refractivity contribution < 1.29 is 9.53 Å². The van der Waals surface area contributed by atoms with Crippen LogP contribution in [0, 0.1) is 0 Å². The number of thiocarbonyl (C=S) groups is 1. The van der Waals surface area contributed by atoms with E-state index in [1.807, 2.05) is 12.1 Å². The van der Waals surface area contributed by atoms with Gasteiger partial charge in [0.1, 0.15) is 16.8 Å². The van der Waals surface area contributed by atoms with E-state index in [-0.39, 0.29) is 17.0 Å². The van der Waals surface area contributed by atoms with Crippen molar-refractivity contribution in [1.82, 2.24) is 0 Å². The lowest BCUT2D eigenvalue weighted by atomic mass is 10.3. The topological polar surface area (TPSA) is 64.3 Å². The van der Waals surface area contributed by atoms with Crippen LogP contribution < -0.4 is 15.8 Å². The van der Waals surface area contributed by atoms with Gasteiger partial charge in [0.15, 0.2) is 0 Å². The minimum Gasteiger partial charge on any atom is -0.481 e. The van der Waals surface area contributed by atoms with Gasteiger partial charge < -0.3 is 15.8 Å². The first-order chi connectivity index (χ1) is 7.50. The molecule has 0 saturated carbocycles. The molecule has 86 valence electrons. The monoisotopic (exact) mass is 238 g/mol. The summed E-state index contributed by atoms with van der Waals surface area (Å²) in [7, 11) is 0. The number of hydrogen-bond acceptors (Lipinski definition) is 3. The molecule has 0 heterocycles. The summed E-state index contributed by atoms with van der Waals surface area (Å²) in [6, 6.07) is 7.12. The number of rotatable bonds is 4. The van der Waals surface area contributed by atoms with Gasteiger partial charge in [-0.25, -0.2) is 0 Å². The summed E-state index contributed by atoms with van der Waals surface area (Å²) in [4.78, 5) is 11.2. The third-order valence-electron chi connectivity index (χ3n) is 1.90. The fraction of sp³-hybridized carbons (Fsp3) is 0.273. The average Bonchev–Trinajstić information content (AvgIpc) is 2.20. The van der Waals surface area contributed by atoms with Crippen molar-refractivity contribution in [2.75, 3.05) is 5.32 Å². The molecular weight excluding hydrogens is 224 g/mol. The van der Waals surface area contributed by atoms with Gasteiger partial charge in [-0.3, -0.25) is 4.79 Å². The molecule has 5 heteroatoms. The molecule has 1 rings (SSSR count). The van der Waals surface area contributed by atoms with Crippen LogP contribution in [0.3, 0.4) is 0 Å². The summed E-state index contributed by atoms with van der Waals surface area (Å²) in [5.41, 5.74) is 6.06. The Balaban J connectivity index is 2.86. The fourth-order valence-corrected chi connectivity index (χ4v) is 1.16. The summed E-state index contributed by atoms with van der Waals surface area (Å²) < 4.78 is 5.53. The molecule has 0 aliphatic heterocycles. The second-order valence-corrected chi connectivity index (χ2v) is 3.81. The number of ether oxygens (including phenoxy) is 1. The van der Waals surface area contributed by atoms with Crippen LogP contribution in [0.15, 0.2) is 24.3 Å². The Morgan fingerprint density at radius 3 is 2.69 bits per heavy atom. The van der Waals surface area contributed by atoms with Crippen LogP contribution >= 0.6 is 12.2 Å². The highest BCUT2D eigenvalue weighted by molar-refractivity contribution is 7.80. The third kappa shape index (κ3) is 3.51. The van der Waals surface area contributed by atoms with Crippen molar-refractivity contribution in [1.29, 1.82) is 0 Å². The van der Waals surface area contributed by atoms with Crippen molar-refractivity contribution in [3.8, 4) is 5.75 Å². The Bertz CT molecular complexity index is 407. The minimum absolute atomic E-state index is 0.154. The number of amides is 1. The molecule has 16 heavy (non-hydrogen) atoms. The number of carbonyl (C=O) groups excluding carboxylic acids is 1. The van der Waals surface area contributed by atoms with Crippen LogP contribution in [-0.2, 0) is 4.79 Å². The van der Waals surface area contributed by atoms with E-state index >= 15 is 0 Å². The molecule has 1 amide bonds. The molecule has 4 nitrogen and oxygen atoms in total. The number of hydrogen-bond donors (Lipinski definition) is 2. The number of anilines is 1. The van der Waals surface area contributed by atoms with Crippen molar-refractivity contribution >= 4 is 28.8 Å². The molecule has 0 saturated heterocycles. The van der Waals surface area contributed by atoms with Crippen molar-refractivity contribution in [3.05, 3.63) is 24.3 Å². The van der Waals surface area contributed by atoms with Gasteiger partial charge in [-0.1, -0.05) is 24.4 Å². The highest BCUT2D eigenvalue weighted by Gasteiger charge is 2.10. The Morgan fingerprint density at radius 2 is 2.12 bits per heavy atom. The number of nitrogens with two attached hydrogens (primary N) is 1. The molecule has 0 aliphatic rings. The molecule has 1 aromatic carbocycles. The zero-order chi connectivity index (χ0) is 12.1. The Kier molecular flexibility index (Phi) is 4.25. The van der Waals surface area contributed by atoms with Gasteiger partial charge in [0, 0.05) is 6.92 Å². The summed E-state index contributed by atoms with van der Waals surface area (Å²) in [5.74, 6) is 0.400. The first kappa shape index (κ1) is 12.4. The Labute approximate surface area is 99.8 Å². The lowest BCUT2D eigenvalue weighted by Gasteiger charge is -2.16. The van der Waals surface area contributed by atoms with Crippen LogP contribution in [0.25, 0.3) is 0 Å². The second-order valence-electron chi connectivity index (χ2n) is 3.34. The van der Waals surface area contributed by atoms with Crippen LogP contribution in [-0.4, -0.2) is 17.0 Å². The fourth-order valence-electron chi connectivity index (χ4n) is 1.11. The average molecular weight is 238 g/mol. The molecule has 0 fully saturated rings. The minimum atomic E-state index is -0.370. The first-order valence-corrected chi connectivity index (χ1v) is 5.24. The smallest absolute Gasteiger partial charge is 0.221 e. The number of nitrogens with one attached hydrogen (secondary N) is 1. The molecule has 1 aromatic rings. The number of carbonyl (C=O) groups is 1. The van der Waals surface area contributed by atoms with E-state index in [2.05, 4.69) is 5.32 Å². The van der Waals surface area contributed by atoms with E-state index in [0.29, 0.717) is 11.4 Å². The highest BCUT2D eigenvalue weighted by Crippen LogP contribution is 2.24. The van der Waals surface area contributed by atoms with Gasteiger partial charge in [-0.05, 0) is 19.1 Å². The van der Waals surface area contributed by atoms with Crippen LogP contribution in [0.2, 0.25) is 0 Å². The Hall–Kier alpha value is -1.62. The maximum Gasteiger partial charge on any atom is 0.221 e. The van der Waals surface area contributed by atoms with Gasteiger partial charge in [-0.2, -0.15) is 0 Å². The van der Waals surface area contributed by atoms with Gasteiger partial charge in [-0.15, -0.1) is 0 Å². The Morgan fingerprint density at radius 1 is 1.50 bits per heavy atom. The van der Waals surface area contributed by atoms with Gasteiger partial charge in [0.2, 0.25) is 5.91 Å². The van der Waals surface area contributed by atoms with E-state index in [0.717, 1.165) is 0 Å². The molecule has 1 unspecified atom stereocenters. The molecule has 1 atom stereocenters. The lowest BCUT2D eigenvalue weighted by Crippen LogP contribution is -2.29. The molecule has 0 spiro atoms. The summed E-state index contributed by atoms with van der Waals surface area (Å²) >= 11 is 4.81. The summed E-state index contributed by atoms with van der Waals surface area (Å²) in [5, 5.41) is 2.67. The third-order valence-corrected chi connectivity index (χ3v) is 2.23. The molecule has 0 aromatic heterocycles. The predicted molar refractivity (Wildman–Crippen MR) is 67.6 cm³/mol. The largest absolute Gasteiger partial charge is 0.481 e. The number of benzene rings is 1. The van der Waals surface area contributed by atoms with Gasteiger partial charge in [0.25, 0.3) is 0 Å². The summed E-state index contributed by atoms with van der Waals surface area (Å²) in [6.07, 6.45) is -0.370. The van der Waals surface area contributed by atoms with Crippen LogP contribution in [0.1, 0.15) is 13.8 Å². The molecular formula is C11H14N2O2S. The predicted octanol–water partition coefficient (Wildman–Crippen LogP) is 1.70. The standard InChI is InChI=1S/C11H14N2O2S/c1-7(11(12)16)15-10-6-4-3-5-9(10)13-8(2)14/h3-7H,1-2H3,(H2,12,16)(H,13,14). The number of para-hydroxylation sites is 2. The van der Waals surface area contributed by atoms with E-state index in [9.17, 15) is 4.79 Å². The molecule has 0 aliphatic carbocycles. The van der Waals surface area contributed by atoms with Gasteiger partial charge >= 0.3 is 0 Å². The maximum atomic E-state index is 11.0. The lowest BCUT2D eigenvalue weighted by molar-refractivity contribution is -0.114. The molecule has 3 N–H and O–H groups in total. The SMILES string of the molecule is CC(=O)Nc1ccccc1OC(C)C(N)=S. The summed E-state index contributed by atoms with van der Waals surface area (Å²) in [6.45, 7) is 3.20. The van der Waals surface area contributed by atoms with Crippen molar-refractivity contribution in [2.24, 2.45) is 5.73 Å². The zero-order valence-corrected chi connectivity index (χ0v) is 10.0. The van der Waals surface area contributed by atoms with E-state index in [1.165, 1.54) is 6.92 Å². The van der Waals surface area contributed by atoms with Crippen LogP contribution in [0.5, 0.6) is 5.75 Å². The van der Waals surface area contributed by atoms with Crippen molar-refractivity contribution in [2.45, 2.75) is 20.0 Å². The van der Waals surface area contributed by atoms with E-state index in [1.54, 1.807) is 19.1 Å². The van der Waals surface area contributed by atoms with Gasteiger partial charge in [0.05, 0.1) is 5.69 Å². The zero-order valence-electron chi connectivity index (χ0n) is 9.19.